The van der Waals surface area contributed by atoms with E-state index in [2.05, 4.69) is 38.3 Å². The summed E-state index contributed by atoms with van der Waals surface area (Å²) in [6.45, 7) is 7.38. The van der Waals surface area contributed by atoms with Gasteiger partial charge in [0.15, 0.2) is 0 Å². The van der Waals surface area contributed by atoms with Crippen LogP contribution < -0.4 is 21.3 Å². The molecule has 3 aliphatic heterocycles. The van der Waals surface area contributed by atoms with Crippen molar-refractivity contribution in [2.45, 2.75) is 58.1 Å². The normalized spacial score (nSPS) is 17.7. The SMILES string of the molecule is CCOC(=O)[C@H](CNC1=C(C)C(N2CCC(c3ccc4c(n3)NCCC4)CC2)=NCN1)NC(=O)OCc1ccccc1. The Morgan fingerprint density at radius 3 is 2.69 bits per heavy atom. The highest BCUT2D eigenvalue weighted by Gasteiger charge is 2.28. The number of aliphatic imine (C=N–C) groups is 1. The van der Waals surface area contributed by atoms with Crippen LogP contribution in [0.25, 0.3) is 0 Å². The van der Waals surface area contributed by atoms with Crippen LogP contribution in [0, 0.1) is 0 Å². The quantitative estimate of drug-likeness (QED) is 0.333. The van der Waals surface area contributed by atoms with Crippen LogP contribution in [0.3, 0.4) is 0 Å². The van der Waals surface area contributed by atoms with Gasteiger partial charge >= 0.3 is 12.1 Å². The summed E-state index contributed by atoms with van der Waals surface area (Å²) in [6, 6.07) is 12.9. The lowest BCUT2D eigenvalue weighted by Crippen LogP contribution is -2.50. The number of amides is 1. The number of likely N-dealkylation sites (tertiary alicyclic amines) is 1. The first kappa shape index (κ1) is 29.2. The molecule has 1 saturated heterocycles. The number of fused-ring (bicyclic) bond motifs is 1. The Morgan fingerprint density at radius 2 is 1.90 bits per heavy atom. The molecule has 4 heterocycles. The molecule has 0 bridgehead atoms. The van der Waals surface area contributed by atoms with E-state index in [1.807, 2.05) is 37.3 Å². The molecular formula is C31H41N7O4. The first-order valence-corrected chi connectivity index (χ1v) is 14.9. The standard InChI is InChI=1S/C31H41N7O4/c1-3-41-30(39)26(37-31(40)42-19-22-8-5-4-6-9-22)18-33-27-21(2)29(35-20-34-27)38-16-13-23(14-17-38)25-12-11-24-10-7-15-32-28(24)36-25/h4-6,8-9,11-12,23,26,33-34H,3,7,10,13-20H2,1-2H3,(H,32,36)(H,37,40)/t26-/m0/s1. The van der Waals surface area contributed by atoms with E-state index in [1.165, 1.54) is 11.3 Å². The maximum Gasteiger partial charge on any atom is 0.408 e. The van der Waals surface area contributed by atoms with E-state index in [4.69, 9.17) is 19.5 Å². The number of rotatable bonds is 9. The van der Waals surface area contributed by atoms with Crippen LogP contribution in [0.2, 0.25) is 0 Å². The zero-order valence-electron chi connectivity index (χ0n) is 24.4. The number of carbonyl (C=O) groups excluding carboxylic acids is 2. The van der Waals surface area contributed by atoms with Gasteiger partial charge in [-0.15, -0.1) is 0 Å². The number of nitrogens with one attached hydrogen (secondary N) is 4. The number of pyridine rings is 1. The lowest BCUT2D eigenvalue weighted by molar-refractivity contribution is -0.145. The van der Waals surface area contributed by atoms with Gasteiger partial charge in [-0.1, -0.05) is 36.4 Å². The molecule has 224 valence electrons. The Balaban J connectivity index is 1.16. The summed E-state index contributed by atoms with van der Waals surface area (Å²) in [5.74, 6) is 2.67. The first-order chi connectivity index (χ1) is 20.5. The number of benzene rings is 1. The van der Waals surface area contributed by atoms with Crippen molar-refractivity contribution in [3.05, 3.63) is 70.7 Å². The van der Waals surface area contributed by atoms with Crippen molar-refractivity contribution in [3.63, 3.8) is 0 Å². The summed E-state index contributed by atoms with van der Waals surface area (Å²) >= 11 is 0. The monoisotopic (exact) mass is 575 g/mol. The van der Waals surface area contributed by atoms with Crippen molar-refractivity contribution in [3.8, 4) is 0 Å². The van der Waals surface area contributed by atoms with E-state index in [-0.39, 0.29) is 19.8 Å². The topological polar surface area (TPSA) is 129 Å². The van der Waals surface area contributed by atoms with Crippen molar-refractivity contribution in [2.24, 2.45) is 4.99 Å². The Morgan fingerprint density at radius 1 is 1.10 bits per heavy atom. The number of aromatic nitrogens is 1. The minimum absolute atomic E-state index is 0.109. The molecule has 0 radical (unpaired) electrons. The average Bonchev–Trinajstić information content (AvgIpc) is 3.03. The fourth-order valence-corrected chi connectivity index (χ4v) is 5.59. The molecular weight excluding hydrogens is 534 g/mol. The molecule has 1 fully saturated rings. The van der Waals surface area contributed by atoms with Gasteiger partial charge in [-0.05, 0) is 56.7 Å². The van der Waals surface area contributed by atoms with Crippen LogP contribution in [0.15, 0.2) is 58.9 Å². The first-order valence-electron chi connectivity index (χ1n) is 14.9. The molecule has 5 rings (SSSR count). The molecule has 0 aliphatic carbocycles. The molecule has 11 heteroatoms. The number of piperidine rings is 1. The molecule has 42 heavy (non-hydrogen) atoms. The van der Waals surface area contributed by atoms with Crippen LogP contribution >= 0.6 is 0 Å². The number of anilines is 1. The second kappa shape index (κ2) is 14.1. The van der Waals surface area contributed by atoms with Crippen LogP contribution in [-0.4, -0.2) is 73.3 Å². The highest BCUT2D eigenvalue weighted by molar-refractivity contribution is 5.99. The Hall–Kier alpha value is -4.28. The van der Waals surface area contributed by atoms with Gasteiger partial charge in [0, 0.05) is 43.4 Å². The highest BCUT2D eigenvalue weighted by atomic mass is 16.6. The molecule has 1 aromatic heterocycles. The summed E-state index contributed by atoms with van der Waals surface area (Å²) in [4.78, 5) is 37.2. The van der Waals surface area contributed by atoms with Gasteiger partial charge in [0.1, 0.15) is 36.8 Å². The predicted octanol–water partition coefficient (Wildman–Crippen LogP) is 3.26. The van der Waals surface area contributed by atoms with E-state index < -0.39 is 18.1 Å². The summed E-state index contributed by atoms with van der Waals surface area (Å²) in [5, 5.41) is 12.7. The van der Waals surface area contributed by atoms with Crippen molar-refractivity contribution in [2.75, 3.05) is 44.8 Å². The fourth-order valence-electron chi connectivity index (χ4n) is 5.59. The number of nitrogens with zero attached hydrogens (tertiary/aromatic N) is 3. The van der Waals surface area contributed by atoms with Gasteiger partial charge in [0.2, 0.25) is 0 Å². The fraction of sp³-hybridized carbons (Fsp3) is 0.484. The van der Waals surface area contributed by atoms with Crippen molar-refractivity contribution >= 4 is 23.7 Å². The van der Waals surface area contributed by atoms with E-state index in [9.17, 15) is 9.59 Å². The maximum atomic E-state index is 12.6. The average molecular weight is 576 g/mol. The number of esters is 1. The minimum atomic E-state index is -0.924. The highest BCUT2D eigenvalue weighted by Crippen LogP contribution is 2.30. The summed E-state index contributed by atoms with van der Waals surface area (Å²) in [5.41, 5.74) is 4.31. The van der Waals surface area contributed by atoms with Crippen LogP contribution in [-0.2, 0) is 27.3 Å². The molecule has 0 saturated carbocycles. The molecule has 3 aliphatic rings. The third-order valence-electron chi connectivity index (χ3n) is 7.88. The van der Waals surface area contributed by atoms with Gasteiger partial charge < -0.3 is 35.6 Å². The minimum Gasteiger partial charge on any atom is -0.464 e. The van der Waals surface area contributed by atoms with Crippen LogP contribution in [0.4, 0.5) is 10.6 Å². The lowest BCUT2D eigenvalue weighted by Gasteiger charge is -2.36. The van der Waals surface area contributed by atoms with Gasteiger partial charge in [0.25, 0.3) is 0 Å². The number of hydrogen-bond acceptors (Lipinski definition) is 10. The number of amidine groups is 1. The summed E-state index contributed by atoms with van der Waals surface area (Å²) < 4.78 is 10.5. The number of aryl methyl sites for hydroxylation is 1. The number of ether oxygens (including phenoxy) is 2. The number of carbonyl (C=O) groups is 2. The van der Waals surface area contributed by atoms with Crippen molar-refractivity contribution in [1.29, 1.82) is 0 Å². The molecule has 0 unspecified atom stereocenters. The van der Waals surface area contributed by atoms with Crippen LogP contribution in [0.5, 0.6) is 0 Å². The largest absolute Gasteiger partial charge is 0.464 e. The van der Waals surface area contributed by atoms with Gasteiger partial charge in [-0.3, -0.25) is 0 Å². The van der Waals surface area contributed by atoms with E-state index in [0.29, 0.717) is 12.6 Å². The van der Waals surface area contributed by atoms with E-state index in [0.717, 1.165) is 73.9 Å². The van der Waals surface area contributed by atoms with Gasteiger partial charge in [-0.25, -0.2) is 19.6 Å². The second-order valence-corrected chi connectivity index (χ2v) is 10.7. The number of hydrogen-bond donors (Lipinski definition) is 4. The van der Waals surface area contributed by atoms with Gasteiger partial charge in [-0.2, -0.15) is 0 Å². The predicted molar refractivity (Wildman–Crippen MR) is 161 cm³/mol. The lowest BCUT2D eigenvalue weighted by atomic mass is 9.91. The second-order valence-electron chi connectivity index (χ2n) is 10.7. The van der Waals surface area contributed by atoms with Crippen LogP contribution in [0.1, 0.15) is 55.8 Å². The summed E-state index contributed by atoms with van der Waals surface area (Å²) in [6.07, 6.45) is 3.59. The third kappa shape index (κ3) is 7.32. The molecule has 1 atom stereocenters. The number of alkyl carbamates (subject to hydrolysis) is 1. The molecule has 4 N–H and O–H groups in total. The molecule has 11 nitrogen and oxygen atoms in total. The Kier molecular flexibility index (Phi) is 9.78. The maximum absolute atomic E-state index is 12.6. The summed E-state index contributed by atoms with van der Waals surface area (Å²) in [7, 11) is 0. The third-order valence-corrected chi connectivity index (χ3v) is 7.88. The molecule has 2 aromatic rings. The van der Waals surface area contributed by atoms with Crippen molar-refractivity contribution in [1.82, 2.24) is 25.8 Å². The van der Waals surface area contributed by atoms with E-state index >= 15 is 0 Å². The zero-order chi connectivity index (χ0) is 29.3. The smallest absolute Gasteiger partial charge is 0.408 e. The zero-order valence-corrected chi connectivity index (χ0v) is 24.4. The molecule has 1 amide bonds. The Labute approximate surface area is 247 Å². The van der Waals surface area contributed by atoms with Crippen molar-refractivity contribution < 1.29 is 19.1 Å². The van der Waals surface area contributed by atoms with E-state index in [1.54, 1.807) is 6.92 Å². The molecule has 1 aromatic carbocycles. The molecule has 0 spiro atoms. The van der Waals surface area contributed by atoms with Gasteiger partial charge in [0.05, 0.1) is 6.61 Å². The Bertz CT molecular complexity index is 1310.